The van der Waals surface area contributed by atoms with E-state index in [1.807, 2.05) is 0 Å². The van der Waals surface area contributed by atoms with Crippen LogP contribution >= 0.6 is 0 Å². The van der Waals surface area contributed by atoms with Crippen molar-refractivity contribution < 1.29 is 13.2 Å². The molecule has 5 heteroatoms. The Balaban J connectivity index is 1.75. The van der Waals surface area contributed by atoms with E-state index in [0.29, 0.717) is 11.6 Å². The van der Waals surface area contributed by atoms with Crippen molar-refractivity contribution in [3.63, 3.8) is 0 Å². The summed E-state index contributed by atoms with van der Waals surface area (Å²) >= 11 is 0. The van der Waals surface area contributed by atoms with Crippen molar-refractivity contribution in [3.05, 3.63) is 48.3 Å². The molecule has 0 radical (unpaired) electrons. The number of rotatable bonds is 4. The third-order valence-corrected chi connectivity index (χ3v) is 4.91. The summed E-state index contributed by atoms with van der Waals surface area (Å²) in [5, 5.41) is 3.20. The number of aromatic nitrogens is 1. The molecule has 0 amide bonds. The molecule has 0 atom stereocenters. The maximum Gasteiger partial charge on any atom is 0.418 e. The molecule has 0 spiro atoms. The molecule has 1 aliphatic carbocycles. The van der Waals surface area contributed by atoms with Gasteiger partial charge in [-0.3, -0.25) is 0 Å². The highest BCUT2D eigenvalue weighted by Gasteiger charge is 2.34. The molecular formula is C19H23F3N2. The molecule has 0 aliphatic heterocycles. The number of hydrogen-bond donors (Lipinski definition) is 1. The summed E-state index contributed by atoms with van der Waals surface area (Å²) in [6.45, 7) is 3.01. The van der Waals surface area contributed by atoms with Gasteiger partial charge in [0.05, 0.1) is 11.3 Å². The third-order valence-electron chi connectivity index (χ3n) is 4.91. The Kier molecular flexibility index (Phi) is 4.88. The predicted octanol–water partition coefficient (Wildman–Crippen LogP) is 5.73. The first-order chi connectivity index (χ1) is 11.4. The Hall–Kier alpha value is -1.91. The summed E-state index contributed by atoms with van der Waals surface area (Å²) in [4.78, 5) is 0. The lowest BCUT2D eigenvalue weighted by atomic mass is 9.83. The van der Waals surface area contributed by atoms with Crippen LogP contribution in [0.2, 0.25) is 0 Å². The van der Waals surface area contributed by atoms with Crippen LogP contribution in [0.4, 0.5) is 18.9 Å². The lowest BCUT2D eigenvalue weighted by Crippen LogP contribution is -2.20. The zero-order valence-corrected chi connectivity index (χ0v) is 13.8. The van der Waals surface area contributed by atoms with E-state index in [1.165, 1.54) is 29.5 Å². The third kappa shape index (κ3) is 3.94. The highest BCUT2D eigenvalue weighted by Crippen LogP contribution is 2.36. The summed E-state index contributed by atoms with van der Waals surface area (Å²) in [6.07, 6.45) is 3.61. The van der Waals surface area contributed by atoms with E-state index in [1.54, 1.807) is 30.6 Å². The van der Waals surface area contributed by atoms with Gasteiger partial charge < -0.3 is 9.88 Å². The fraction of sp³-hybridized carbons (Fsp3) is 0.474. The second-order valence-corrected chi connectivity index (χ2v) is 6.83. The Bertz CT molecular complexity index is 654. The van der Waals surface area contributed by atoms with Crippen LogP contribution in [-0.4, -0.2) is 11.1 Å². The van der Waals surface area contributed by atoms with Crippen molar-refractivity contribution in [1.82, 2.24) is 4.57 Å². The standard InChI is InChI=1S/C19H23F3N2/c1-14-4-6-15(7-5-14)13-23-16-8-9-18(24-10-2-3-11-24)17(12-16)19(20,21)22/h2-3,8-12,14-15,23H,4-7,13H2,1H3. The number of hydrogen-bond acceptors (Lipinski definition) is 1. The highest BCUT2D eigenvalue weighted by atomic mass is 19.4. The van der Waals surface area contributed by atoms with Crippen LogP contribution in [0.15, 0.2) is 42.7 Å². The Morgan fingerprint density at radius 2 is 1.75 bits per heavy atom. The molecule has 2 aromatic rings. The van der Waals surface area contributed by atoms with Crippen molar-refractivity contribution in [3.8, 4) is 5.69 Å². The molecule has 1 fully saturated rings. The second kappa shape index (κ2) is 6.91. The molecule has 1 aromatic carbocycles. The zero-order chi connectivity index (χ0) is 17.2. The van der Waals surface area contributed by atoms with E-state index in [4.69, 9.17) is 0 Å². The van der Waals surface area contributed by atoms with Gasteiger partial charge in [-0.2, -0.15) is 13.2 Å². The minimum Gasteiger partial charge on any atom is -0.385 e. The first-order valence-corrected chi connectivity index (χ1v) is 8.52. The zero-order valence-electron chi connectivity index (χ0n) is 13.8. The monoisotopic (exact) mass is 336 g/mol. The number of nitrogens with zero attached hydrogens (tertiary/aromatic N) is 1. The van der Waals surface area contributed by atoms with Crippen LogP contribution in [0, 0.1) is 11.8 Å². The topological polar surface area (TPSA) is 17.0 Å². The van der Waals surface area contributed by atoms with E-state index in [-0.39, 0.29) is 5.69 Å². The summed E-state index contributed by atoms with van der Waals surface area (Å²) in [5.74, 6) is 1.33. The molecular weight excluding hydrogens is 313 g/mol. The Morgan fingerprint density at radius 1 is 1.08 bits per heavy atom. The first kappa shape index (κ1) is 16.9. The molecule has 1 aliphatic rings. The number of halogens is 3. The summed E-state index contributed by atoms with van der Waals surface area (Å²) in [6, 6.07) is 7.93. The lowest BCUT2D eigenvalue weighted by molar-refractivity contribution is -0.137. The average Bonchev–Trinajstić information content (AvgIpc) is 3.07. The lowest BCUT2D eigenvalue weighted by Gasteiger charge is -2.26. The smallest absolute Gasteiger partial charge is 0.385 e. The molecule has 0 unspecified atom stereocenters. The second-order valence-electron chi connectivity index (χ2n) is 6.83. The highest BCUT2D eigenvalue weighted by molar-refractivity contribution is 5.55. The maximum atomic E-state index is 13.4. The van der Waals surface area contributed by atoms with Gasteiger partial charge in [-0.15, -0.1) is 0 Å². The molecule has 130 valence electrons. The van der Waals surface area contributed by atoms with Gasteiger partial charge in [-0.25, -0.2) is 0 Å². The van der Waals surface area contributed by atoms with Crippen molar-refractivity contribution in [1.29, 1.82) is 0 Å². The molecule has 1 heterocycles. The molecule has 1 N–H and O–H groups in total. The number of alkyl halides is 3. The van der Waals surface area contributed by atoms with E-state index in [0.717, 1.165) is 25.3 Å². The van der Waals surface area contributed by atoms with Crippen LogP contribution in [-0.2, 0) is 6.18 Å². The molecule has 0 bridgehead atoms. The number of nitrogens with one attached hydrogen (secondary N) is 1. The minimum atomic E-state index is -4.38. The fourth-order valence-corrected chi connectivity index (χ4v) is 3.39. The molecule has 2 nitrogen and oxygen atoms in total. The van der Waals surface area contributed by atoms with Gasteiger partial charge in [0, 0.05) is 24.6 Å². The van der Waals surface area contributed by atoms with Crippen molar-refractivity contribution in [2.24, 2.45) is 11.8 Å². The molecule has 24 heavy (non-hydrogen) atoms. The van der Waals surface area contributed by atoms with Crippen LogP contribution in [0.25, 0.3) is 5.69 Å². The van der Waals surface area contributed by atoms with Crippen LogP contribution in [0.1, 0.15) is 38.2 Å². The van der Waals surface area contributed by atoms with E-state index in [2.05, 4.69) is 12.2 Å². The Labute approximate surface area is 140 Å². The van der Waals surface area contributed by atoms with Gasteiger partial charge >= 0.3 is 6.18 Å². The van der Waals surface area contributed by atoms with Gasteiger partial charge in [0.2, 0.25) is 0 Å². The first-order valence-electron chi connectivity index (χ1n) is 8.52. The van der Waals surface area contributed by atoms with Gasteiger partial charge in [0.25, 0.3) is 0 Å². The molecule has 1 saturated carbocycles. The minimum absolute atomic E-state index is 0.157. The maximum absolute atomic E-state index is 13.4. The van der Waals surface area contributed by atoms with E-state index < -0.39 is 11.7 Å². The number of anilines is 1. The van der Waals surface area contributed by atoms with Crippen LogP contribution in [0.3, 0.4) is 0 Å². The fourth-order valence-electron chi connectivity index (χ4n) is 3.39. The SMILES string of the molecule is CC1CCC(CNc2ccc(-n3cccc3)c(C(F)(F)F)c2)CC1. The van der Waals surface area contributed by atoms with Gasteiger partial charge in [-0.05, 0) is 55.0 Å². The van der Waals surface area contributed by atoms with Crippen LogP contribution in [0.5, 0.6) is 0 Å². The summed E-state index contributed by atoms with van der Waals surface area (Å²) < 4.78 is 41.7. The summed E-state index contributed by atoms with van der Waals surface area (Å²) in [7, 11) is 0. The average molecular weight is 336 g/mol. The number of benzene rings is 1. The quantitative estimate of drug-likeness (QED) is 0.754. The van der Waals surface area contributed by atoms with Crippen LogP contribution < -0.4 is 5.32 Å². The van der Waals surface area contributed by atoms with Gasteiger partial charge in [-0.1, -0.05) is 19.8 Å². The predicted molar refractivity (Wildman–Crippen MR) is 90.4 cm³/mol. The van der Waals surface area contributed by atoms with Gasteiger partial charge in [0.1, 0.15) is 0 Å². The largest absolute Gasteiger partial charge is 0.418 e. The summed E-state index contributed by atoms with van der Waals surface area (Å²) in [5.41, 5.74) is 0.0855. The van der Waals surface area contributed by atoms with E-state index >= 15 is 0 Å². The normalized spacial score (nSPS) is 21.7. The Morgan fingerprint density at radius 3 is 2.38 bits per heavy atom. The van der Waals surface area contributed by atoms with Crippen molar-refractivity contribution >= 4 is 5.69 Å². The van der Waals surface area contributed by atoms with Crippen molar-refractivity contribution in [2.75, 3.05) is 11.9 Å². The molecule has 1 aromatic heterocycles. The molecule has 0 saturated heterocycles. The van der Waals surface area contributed by atoms with Crippen molar-refractivity contribution in [2.45, 2.75) is 38.8 Å². The van der Waals surface area contributed by atoms with E-state index in [9.17, 15) is 13.2 Å². The van der Waals surface area contributed by atoms with Gasteiger partial charge in [0.15, 0.2) is 0 Å². The molecule has 3 rings (SSSR count).